The smallest absolute Gasteiger partial charge is 0.286 e. The predicted octanol–water partition coefficient (Wildman–Crippen LogP) is -11.4. The van der Waals surface area contributed by atoms with Crippen molar-refractivity contribution in [3.63, 3.8) is 0 Å². The fraction of sp³-hybridized carbons (Fsp3) is 0.333. The normalized spacial score (nSPS) is 19.0. The van der Waals surface area contributed by atoms with Crippen LogP contribution >= 0.6 is 0 Å². The lowest BCUT2D eigenvalue weighted by atomic mass is 10.3. The van der Waals surface area contributed by atoms with Crippen LogP contribution < -0.4 is 9.92 Å². The van der Waals surface area contributed by atoms with Crippen molar-refractivity contribution in [1.82, 2.24) is 0 Å². The van der Waals surface area contributed by atoms with E-state index in [-0.39, 0.29) is 6.10 Å². The number of hydrogen-bond donors (Lipinski definition) is 0. The van der Waals surface area contributed by atoms with Gasteiger partial charge in [0.15, 0.2) is 9.76 Å². The van der Waals surface area contributed by atoms with E-state index in [9.17, 15) is 0 Å². The third-order valence-electron chi connectivity index (χ3n) is 3.73. The van der Waals surface area contributed by atoms with Crippen molar-refractivity contribution in [3.8, 4) is 5.75 Å². The molecule has 34 heavy (non-hydrogen) atoms. The molecule has 1 fully saturated rings. The maximum absolute atomic E-state index is 5.77. The number of hydrogen-bond acceptors (Lipinski definition) is 13. The van der Waals surface area contributed by atoms with Crippen LogP contribution in [0.25, 0.3) is 0 Å². The van der Waals surface area contributed by atoms with Gasteiger partial charge in [-0.2, -0.15) is 0 Å². The lowest BCUT2D eigenvalue weighted by Crippen LogP contribution is -2.23. The van der Waals surface area contributed by atoms with E-state index in [1.807, 2.05) is 12.1 Å². The highest BCUT2D eigenvalue weighted by molar-refractivity contribution is 6.54. The standard InChI is InChI=1S/C9H34O13Si12/c23-12-25-14-27-16-29-18-31-20-33-22-34-21-32-19-30-17-28-15-26-13-24-9-3-1-7(2-4-9)10-5-8-6-11-8/h1-4,8H,5-6,24-34H2,23H3. The van der Waals surface area contributed by atoms with Crippen LogP contribution in [0, 0.1) is 0 Å². The summed E-state index contributed by atoms with van der Waals surface area (Å²) in [5, 5.41) is 1.23. The van der Waals surface area contributed by atoms with Gasteiger partial charge in [0, 0.05) is 0 Å². The zero-order valence-corrected chi connectivity index (χ0v) is 36.9. The molecule has 0 aromatic heterocycles. The Labute approximate surface area is 228 Å². The first-order chi connectivity index (χ1) is 16.9. The van der Waals surface area contributed by atoms with Gasteiger partial charge in [0.1, 0.15) is 28.9 Å². The first-order valence-electron chi connectivity index (χ1n) is 10.5. The van der Waals surface area contributed by atoms with Gasteiger partial charge in [-0.25, -0.2) is 0 Å². The molecule has 0 radical (unpaired) electrons. The van der Waals surface area contributed by atoms with E-state index < -0.39 is 110 Å². The van der Waals surface area contributed by atoms with Crippen LogP contribution in [0.5, 0.6) is 5.75 Å². The number of ether oxygens (including phenoxy) is 2. The fourth-order valence-electron chi connectivity index (χ4n) is 2.11. The molecular weight excluding hydrogens is 653 g/mol. The Morgan fingerprint density at radius 1 is 0.647 bits per heavy atom. The van der Waals surface area contributed by atoms with Gasteiger partial charge in [0.05, 0.1) is 6.61 Å². The molecule has 13 nitrogen and oxygen atoms in total. The first kappa shape index (κ1) is 31.4. The van der Waals surface area contributed by atoms with Gasteiger partial charge in [-0.05, 0) is 17.3 Å². The maximum atomic E-state index is 5.77. The van der Waals surface area contributed by atoms with Crippen molar-refractivity contribution in [2.75, 3.05) is 13.2 Å². The molecule has 0 bridgehead atoms. The average molecular weight is 687 g/mol. The molecule has 1 aliphatic rings. The first-order valence-corrected chi connectivity index (χ1v) is 24.1. The van der Waals surface area contributed by atoms with Gasteiger partial charge in [-0.1, -0.05) is 12.1 Å². The summed E-state index contributed by atoms with van der Waals surface area (Å²) in [5.41, 5.74) is 0. The second-order valence-corrected chi connectivity index (χ2v) is 28.7. The largest absolute Gasteiger partial charge is 0.491 e. The summed E-state index contributed by atoms with van der Waals surface area (Å²) < 4.78 is 70.6. The molecule has 0 amide bonds. The van der Waals surface area contributed by atoms with E-state index in [1.165, 1.54) is 5.19 Å². The molecule has 2 rings (SSSR count). The number of epoxide rings is 1. The van der Waals surface area contributed by atoms with Gasteiger partial charge >= 0.3 is 0 Å². The molecular formula is C9H34O13Si12. The van der Waals surface area contributed by atoms with E-state index in [2.05, 4.69) is 12.1 Å². The van der Waals surface area contributed by atoms with E-state index in [4.69, 9.17) is 54.7 Å². The molecule has 1 unspecified atom stereocenters. The highest BCUT2D eigenvalue weighted by Gasteiger charge is 2.22. The second-order valence-electron chi connectivity index (χ2n) is 6.56. The number of benzene rings is 1. The molecule has 196 valence electrons. The van der Waals surface area contributed by atoms with Gasteiger partial charge < -0.3 is 54.7 Å². The van der Waals surface area contributed by atoms with Crippen LogP contribution in [0.3, 0.4) is 0 Å². The maximum Gasteiger partial charge on any atom is 0.286 e. The van der Waals surface area contributed by atoms with Crippen molar-refractivity contribution in [3.05, 3.63) is 24.3 Å². The van der Waals surface area contributed by atoms with Gasteiger partial charge in [0.25, 0.3) is 100 Å². The van der Waals surface area contributed by atoms with Crippen LogP contribution in [0.2, 0.25) is 0 Å². The van der Waals surface area contributed by atoms with Gasteiger partial charge in [0.2, 0.25) is 0 Å². The Hall–Kier alpha value is 1.14. The second kappa shape index (κ2) is 23.3. The van der Waals surface area contributed by atoms with Gasteiger partial charge in [-0.15, -0.1) is 0 Å². The summed E-state index contributed by atoms with van der Waals surface area (Å²) in [6, 6.07) is 8.07. The Kier molecular flexibility index (Phi) is 21.5. The summed E-state index contributed by atoms with van der Waals surface area (Å²) in [6.45, 7) is 1.43. The molecule has 0 aliphatic carbocycles. The van der Waals surface area contributed by atoms with Crippen LogP contribution in [-0.2, 0) is 50.0 Å². The molecule has 1 heterocycles. The minimum atomic E-state index is -1.00. The molecule has 25 heteroatoms. The monoisotopic (exact) mass is 686 g/mol. The third kappa shape index (κ3) is 19.3. The Morgan fingerprint density at radius 3 is 1.47 bits per heavy atom. The summed E-state index contributed by atoms with van der Waals surface area (Å²) in [5.74, 6) is 0.868. The fourth-order valence-corrected chi connectivity index (χ4v) is 22.2. The van der Waals surface area contributed by atoms with Crippen LogP contribution in [0.1, 0.15) is 0 Å². The Balaban J connectivity index is 1.23. The summed E-state index contributed by atoms with van der Waals surface area (Å²) in [7, 11) is -9.52. The number of rotatable bonds is 25. The lowest BCUT2D eigenvalue weighted by Gasteiger charge is -2.09. The van der Waals surface area contributed by atoms with Crippen LogP contribution in [0.15, 0.2) is 24.3 Å². The van der Waals surface area contributed by atoms with Crippen molar-refractivity contribution in [2.45, 2.75) is 6.10 Å². The topological polar surface area (TPSA) is 123 Å². The van der Waals surface area contributed by atoms with E-state index in [0.29, 0.717) is 6.61 Å². The minimum absolute atomic E-state index is 0.272. The van der Waals surface area contributed by atoms with Crippen LogP contribution in [0.4, 0.5) is 0 Å². The van der Waals surface area contributed by atoms with E-state index in [1.54, 1.807) is 0 Å². The summed E-state index contributed by atoms with van der Waals surface area (Å²) in [6.07, 6.45) is 0.272. The highest BCUT2D eigenvalue weighted by atomic mass is 28.4. The van der Waals surface area contributed by atoms with Crippen molar-refractivity contribution >= 4 is 126 Å². The van der Waals surface area contributed by atoms with E-state index in [0.717, 1.165) is 22.8 Å². The quantitative estimate of drug-likeness (QED) is 0.0550. The zero-order chi connectivity index (χ0) is 23.9. The zero-order valence-electron chi connectivity index (χ0n) is 19.4. The molecule has 1 atom stereocenters. The minimum Gasteiger partial charge on any atom is -0.491 e. The van der Waals surface area contributed by atoms with Crippen molar-refractivity contribution in [2.24, 2.45) is 0 Å². The molecule has 0 N–H and O–H groups in total. The summed E-state index contributed by atoms with van der Waals surface area (Å²) >= 11 is 0. The van der Waals surface area contributed by atoms with Crippen molar-refractivity contribution in [1.29, 1.82) is 0 Å². The molecule has 0 spiro atoms. The Morgan fingerprint density at radius 2 is 1.06 bits per heavy atom. The molecule has 1 aromatic rings. The van der Waals surface area contributed by atoms with Crippen molar-refractivity contribution < 1.29 is 54.7 Å². The predicted molar refractivity (Wildman–Crippen MR) is 157 cm³/mol. The Bertz CT molecular complexity index is 591. The highest BCUT2D eigenvalue weighted by Crippen LogP contribution is 2.13. The molecule has 1 aliphatic heterocycles. The van der Waals surface area contributed by atoms with Gasteiger partial charge in [-0.3, -0.25) is 0 Å². The van der Waals surface area contributed by atoms with E-state index >= 15 is 0 Å². The third-order valence-corrected chi connectivity index (χ3v) is 19.0. The molecule has 1 aromatic carbocycles. The SMILES string of the molecule is [SiH3]O[SiH2]O[SiH2]O[SiH2]O[SiH2]O[SiH2]O[SiH2]O[SiH2]O[SiH2]O[SiH2]O[SiH2]O[SiH2]c1ccc(OCC2CO2)cc1. The average Bonchev–Trinajstić information content (AvgIpc) is 3.69. The molecule has 0 saturated carbocycles. The summed E-state index contributed by atoms with van der Waals surface area (Å²) in [4.78, 5) is 0. The van der Waals surface area contributed by atoms with Crippen LogP contribution in [-0.4, -0.2) is 140 Å². The molecule has 1 saturated heterocycles. The lowest BCUT2D eigenvalue weighted by molar-refractivity contribution is 0.263.